The van der Waals surface area contributed by atoms with Gasteiger partial charge in [-0.25, -0.2) is 12.7 Å². The number of amides is 1. The van der Waals surface area contributed by atoms with Crippen LogP contribution >= 0.6 is 11.3 Å². The predicted molar refractivity (Wildman–Crippen MR) is 103 cm³/mol. The maximum absolute atomic E-state index is 12.3. The molecule has 0 fully saturated rings. The highest BCUT2D eigenvalue weighted by atomic mass is 32.2. The summed E-state index contributed by atoms with van der Waals surface area (Å²) in [6.45, 7) is 4.33. The standard InChI is InChI=1S/C18H24N2O3S2/c1-4-15-9-5-8-14(2)18(15)19-16(21)10-6-12-20(3)25(22,23)17-11-7-13-24-17/h5,7-9,11,13H,4,6,10,12H2,1-3H3,(H,19,21). The van der Waals surface area contributed by atoms with Crippen molar-refractivity contribution in [3.63, 3.8) is 0 Å². The first-order valence-corrected chi connectivity index (χ1v) is 10.6. The lowest BCUT2D eigenvalue weighted by Crippen LogP contribution is -2.28. The van der Waals surface area contributed by atoms with Crippen molar-refractivity contribution >= 4 is 33.0 Å². The number of carbonyl (C=O) groups excluding carboxylic acids is 1. The minimum absolute atomic E-state index is 0.0917. The summed E-state index contributed by atoms with van der Waals surface area (Å²) in [6, 6.07) is 9.26. The topological polar surface area (TPSA) is 66.5 Å². The molecule has 1 amide bonds. The molecule has 1 N–H and O–H groups in total. The molecule has 0 aliphatic rings. The van der Waals surface area contributed by atoms with Crippen LogP contribution in [0.2, 0.25) is 0 Å². The fraction of sp³-hybridized carbons (Fsp3) is 0.389. The Balaban J connectivity index is 1.89. The van der Waals surface area contributed by atoms with Crippen LogP contribution in [0.3, 0.4) is 0 Å². The van der Waals surface area contributed by atoms with Gasteiger partial charge in [0, 0.05) is 25.7 Å². The Bertz CT molecular complexity index is 815. The van der Waals surface area contributed by atoms with E-state index in [0.29, 0.717) is 17.2 Å². The number of rotatable bonds is 8. The van der Waals surface area contributed by atoms with Crippen LogP contribution < -0.4 is 5.32 Å². The van der Waals surface area contributed by atoms with Crippen molar-refractivity contribution in [2.75, 3.05) is 18.9 Å². The van der Waals surface area contributed by atoms with Gasteiger partial charge in [0.2, 0.25) is 5.91 Å². The molecular weight excluding hydrogens is 356 g/mol. The van der Waals surface area contributed by atoms with Crippen molar-refractivity contribution in [3.8, 4) is 0 Å². The second-order valence-corrected chi connectivity index (χ2v) is 9.09. The number of carbonyl (C=O) groups is 1. The molecule has 136 valence electrons. The Morgan fingerprint density at radius 1 is 1.24 bits per heavy atom. The Hall–Kier alpha value is -1.70. The van der Waals surface area contributed by atoms with Crippen LogP contribution in [0.25, 0.3) is 0 Å². The zero-order valence-electron chi connectivity index (χ0n) is 14.8. The Kier molecular flexibility index (Phi) is 6.75. The van der Waals surface area contributed by atoms with Gasteiger partial charge in [0.05, 0.1) is 0 Å². The highest BCUT2D eigenvalue weighted by molar-refractivity contribution is 7.91. The number of nitrogens with zero attached hydrogens (tertiary/aromatic N) is 1. The van der Waals surface area contributed by atoms with Gasteiger partial charge in [-0.3, -0.25) is 4.79 Å². The normalized spacial score (nSPS) is 11.7. The summed E-state index contributed by atoms with van der Waals surface area (Å²) in [7, 11) is -1.90. The predicted octanol–water partition coefficient (Wildman–Crippen LogP) is 3.66. The first-order chi connectivity index (χ1) is 11.9. The molecule has 0 saturated carbocycles. The summed E-state index contributed by atoms with van der Waals surface area (Å²) >= 11 is 1.20. The molecule has 0 radical (unpaired) electrons. The largest absolute Gasteiger partial charge is 0.326 e. The summed E-state index contributed by atoms with van der Waals surface area (Å²) < 4.78 is 26.3. The molecule has 0 aliphatic heterocycles. The van der Waals surface area contributed by atoms with E-state index in [4.69, 9.17) is 0 Å². The second-order valence-electron chi connectivity index (χ2n) is 5.87. The minimum atomic E-state index is -3.45. The van der Waals surface area contributed by atoms with E-state index in [2.05, 4.69) is 12.2 Å². The van der Waals surface area contributed by atoms with Crippen LogP contribution in [0.1, 0.15) is 30.9 Å². The average Bonchev–Trinajstić information content (AvgIpc) is 3.12. The summed E-state index contributed by atoms with van der Waals surface area (Å²) in [5.74, 6) is -0.0917. The van der Waals surface area contributed by atoms with Gasteiger partial charge >= 0.3 is 0 Å². The zero-order chi connectivity index (χ0) is 18.4. The molecule has 2 rings (SSSR count). The van der Waals surface area contributed by atoms with Gasteiger partial charge in [-0.15, -0.1) is 11.3 Å². The third-order valence-electron chi connectivity index (χ3n) is 4.04. The van der Waals surface area contributed by atoms with E-state index in [-0.39, 0.29) is 12.3 Å². The van der Waals surface area contributed by atoms with Crippen LogP contribution in [0.15, 0.2) is 39.9 Å². The van der Waals surface area contributed by atoms with E-state index in [0.717, 1.165) is 23.2 Å². The van der Waals surface area contributed by atoms with E-state index >= 15 is 0 Å². The molecule has 1 aromatic carbocycles. The quantitative estimate of drug-likeness (QED) is 0.760. The maximum Gasteiger partial charge on any atom is 0.252 e. The third-order valence-corrected chi connectivity index (χ3v) is 7.27. The van der Waals surface area contributed by atoms with Crippen molar-refractivity contribution in [2.45, 2.75) is 37.3 Å². The Morgan fingerprint density at radius 3 is 2.64 bits per heavy atom. The molecule has 0 bridgehead atoms. The van der Waals surface area contributed by atoms with Crippen molar-refractivity contribution in [1.29, 1.82) is 0 Å². The van der Waals surface area contributed by atoms with E-state index in [1.807, 2.05) is 25.1 Å². The molecule has 0 saturated heterocycles. The van der Waals surface area contributed by atoms with Crippen LogP contribution in [-0.4, -0.2) is 32.2 Å². The first-order valence-electron chi connectivity index (χ1n) is 8.24. The molecule has 1 aromatic heterocycles. The number of hydrogen-bond donors (Lipinski definition) is 1. The molecule has 0 aliphatic carbocycles. The number of aryl methyl sites for hydroxylation is 2. The highest BCUT2D eigenvalue weighted by Crippen LogP contribution is 2.22. The minimum Gasteiger partial charge on any atom is -0.326 e. The van der Waals surface area contributed by atoms with Gasteiger partial charge in [0.15, 0.2) is 0 Å². The molecule has 25 heavy (non-hydrogen) atoms. The summed E-state index contributed by atoms with van der Waals surface area (Å²) in [5, 5.41) is 4.70. The van der Waals surface area contributed by atoms with Crippen molar-refractivity contribution < 1.29 is 13.2 Å². The van der Waals surface area contributed by atoms with Crippen LogP contribution in [0, 0.1) is 6.92 Å². The molecule has 5 nitrogen and oxygen atoms in total. The Labute approximate surface area is 153 Å². The van der Waals surface area contributed by atoms with Crippen molar-refractivity contribution in [1.82, 2.24) is 4.31 Å². The molecule has 0 spiro atoms. The summed E-state index contributed by atoms with van der Waals surface area (Å²) in [6.07, 6.45) is 1.60. The van der Waals surface area contributed by atoms with Crippen LogP contribution in [0.5, 0.6) is 0 Å². The molecule has 1 heterocycles. The van der Waals surface area contributed by atoms with Gasteiger partial charge in [-0.2, -0.15) is 0 Å². The molecule has 0 unspecified atom stereocenters. The van der Waals surface area contributed by atoms with Gasteiger partial charge in [0.1, 0.15) is 4.21 Å². The number of nitrogens with one attached hydrogen (secondary N) is 1. The monoisotopic (exact) mass is 380 g/mol. The average molecular weight is 381 g/mol. The number of benzene rings is 1. The molecule has 2 aromatic rings. The van der Waals surface area contributed by atoms with Gasteiger partial charge in [-0.05, 0) is 42.3 Å². The van der Waals surface area contributed by atoms with Gasteiger partial charge < -0.3 is 5.32 Å². The van der Waals surface area contributed by atoms with E-state index in [1.165, 1.54) is 15.6 Å². The molecule has 7 heteroatoms. The zero-order valence-corrected chi connectivity index (χ0v) is 16.4. The lowest BCUT2D eigenvalue weighted by atomic mass is 10.1. The lowest BCUT2D eigenvalue weighted by molar-refractivity contribution is -0.116. The van der Waals surface area contributed by atoms with Gasteiger partial charge in [0.25, 0.3) is 10.0 Å². The van der Waals surface area contributed by atoms with Crippen LogP contribution in [0.4, 0.5) is 5.69 Å². The molecular formula is C18H24N2O3S2. The highest BCUT2D eigenvalue weighted by Gasteiger charge is 2.21. The smallest absolute Gasteiger partial charge is 0.252 e. The number of thiophene rings is 1. The van der Waals surface area contributed by atoms with E-state index < -0.39 is 10.0 Å². The number of anilines is 1. The van der Waals surface area contributed by atoms with Crippen LogP contribution in [-0.2, 0) is 21.2 Å². The van der Waals surface area contributed by atoms with Crippen molar-refractivity contribution in [3.05, 3.63) is 46.8 Å². The second kappa shape index (κ2) is 8.60. The SMILES string of the molecule is CCc1cccc(C)c1NC(=O)CCCN(C)S(=O)(=O)c1cccs1. The summed E-state index contributed by atoms with van der Waals surface area (Å²) in [4.78, 5) is 12.2. The van der Waals surface area contributed by atoms with Crippen molar-refractivity contribution in [2.24, 2.45) is 0 Å². The number of hydrogen-bond acceptors (Lipinski definition) is 4. The number of para-hydroxylation sites is 1. The third kappa shape index (κ3) is 4.90. The fourth-order valence-corrected chi connectivity index (χ4v) is 4.96. The summed E-state index contributed by atoms with van der Waals surface area (Å²) in [5.41, 5.74) is 3.00. The Morgan fingerprint density at radius 2 is 2.00 bits per heavy atom. The van der Waals surface area contributed by atoms with E-state index in [9.17, 15) is 13.2 Å². The lowest BCUT2D eigenvalue weighted by Gasteiger charge is -2.16. The van der Waals surface area contributed by atoms with E-state index in [1.54, 1.807) is 24.6 Å². The molecule has 0 atom stereocenters. The van der Waals surface area contributed by atoms with Gasteiger partial charge in [-0.1, -0.05) is 31.2 Å². The maximum atomic E-state index is 12.3. The fourth-order valence-electron chi connectivity index (χ4n) is 2.55. The first kappa shape index (κ1) is 19.6. The number of sulfonamides is 1.